The maximum absolute atomic E-state index is 9.32. The third-order valence-corrected chi connectivity index (χ3v) is 1.35. The van der Waals surface area contributed by atoms with Crippen LogP contribution in [-0.2, 0) is 0 Å². The second kappa shape index (κ2) is 3.66. The largest absolute Gasteiger partial charge is 0.506 e. The predicted molar refractivity (Wildman–Crippen MR) is 46.1 cm³/mol. The lowest BCUT2D eigenvalue weighted by Gasteiger charge is -1.97. The number of aliphatic hydroxyl groups excluding tert-OH is 1. The molecule has 0 aliphatic carbocycles. The van der Waals surface area contributed by atoms with E-state index < -0.39 is 0 Å². The van der Waals surface area contributed by atoms with E-state index in [1.807, 2.05) is 30.3 Å². The van der Waals surface area contributed by atoms with Crippen molar-refractivity contribution in [3.8, 4) is 0 Å². The Morgan fingerprint density at radius 1 is 1.36 bits per heavy atom. The third-order valence-electron chi connectivity index (χ3n) is 1.35. The molecule has 0 aliphatic rings. The Labute approximate surface area is 66.2 Å². The summed E-state index contributed by atoms with van der Waals surface area (Å²) in [6, 6.07) is 9.38. The molecule has 0 unspecified atom stereocenters. The average molecular weight is 149 g/mol. The van der Waals surface area contributed by atoms with Crippen molar-refractivity contribution in [3.63, 3.8) is 0 Å². The van der Waals surface area contributed by atoms with Crippen molar-refractivity contribution in [2.24, 2.45) is 0 Å². The van der Waals surface area contributed by atoms with Gasteiger partial charge in [0, 0.05) is 18.8 Å². The van der Waals surface area contributed by atoms with E-state index in [-0.39, 0.29) is 5.76 Å². The highest BCUT2D eigenvalue weighted by molar-refractivity contribution is 5.57. The van der Waals surface area contributed by atoms with Gasteiger partial charge in [-0.05, 0) is 0 Å². The smallest absolute Gasteiger partial charge is 0.138 e. The maximum atomic E-state index is 9.32. The predicted octanol–water partition coefficient (Wildman–Crippen LogP) is 1.76. The summed E-state index contributed by atoms with van der Waals surface area (Å²) in [6.45, 7) is 0. The highest BCUT2D eigenvalue weighted by Crippen LogP contribution is 2.08. The summed E-state index contributed by atoms with van der Waals surface area (Å²) >= 11 is 0. The molecule has 2 nitrogen and oxygen atoms in total. The number of hydrogen-bond acceptors (Lipinski definition) is 2. The SMILES string of the molecule is CN/C=C(\O)c1ccccc1. The molecule has 0 saturated carbocycles. The zero-order chi connectivity index (χ0) is 8.10. The Kier molecular flexibility index (Phi) is 2.55. The summed E-state index contributed by atoms with van der Waals surface area (Å²) in [5.74, 6) is 0.258. The molecular weight excluding hydrogens is 138 g/mol. The minimum absolute atomic E-state index is 0.258. The van der Waals surface area contributed by atoms with Gasteiger partial charge in [-0.1, -0.05) is 30.3 Å². The molecule has 0 bridgehead atoms. The van der Waals surface area contributed by atoms with E-state index in [0.717, 1.165) is 5.56 Å². The van der Waals surface area contributed by atoms with Gasteiger partial charge in [0.2, 0.25) is 0 Å². The molecule has 0 aromatic heterocycles. The number of rotatable bonds is 2. The van der Waals surface area contributed by atoms with Gasteiger partial charge in [0.05, 0.1) is 0 Å². The Balaban J connectivity index is 2.85. The Hall–Kier alpha value is -1.44. The first-order chi connectivity index (χ1) is 5.34. The molecule has 2 N–H and O–H groups in total. The van der Waals surface area contributed by atoms with Gasteiger partial charge in [0.1, 0.15) is 5.76 Å². The van der Waals surface area contributed by atoms with Crippen LogP contribution in [0.5, 0.6) is 0 Å². The van der Waals surface area contributed by atoms with E-state index in [9.17, 15) is 5.11 Å². The molecule has 1 aromatic carbocycles. The summed E-state index contributed by atoms with van der Waals surface area (Å²) in [5.41, 5.74) is 0.821. The van der Waals surface area contributed by atoms with E-state index in [4.69, 9.17) is 0 Å². The zero-order valence-corrected chi connectivity index (χ0v) is 6.41. The molecule has 58 valence electrons. The lowest BCUT2D eigenvalue weighted by molar-refractivity contribution is 0.508. The minimum Gasteiger partial charge on any atom is -0.506 e. The van der Waals surface area contributed by atoms with Gasteiger partial charge < -0.3 is 10.4 Å². The zero-order valence-electron chi connectivity index (χ0n) is 6.41. The van der Waals surface area contributed by atoms with Crippen LogP contribution in [0.25, 0.3) is 5.76 Å². The van der Waals surface area contributed by atoms with Gasteiger partial charge in [-0.15, -0.1) is 0 Å². The molecule has 0 amide bonds. The van der Waals surface area contributed by atoms with Crippen molar-refractivity contribution in [1.82, 2.24) is 5.32 Å². The van der Waals surface area contributed by atoms with Crippen LogP contribution in [0, 0.1) is 0 Å². The van der Waals surface area contributed by atoms with Crippen LogP contribution in [0.1, 0.15) is 5.56 Å². The fraction of sp³-hybridized carbons (Fsp3) is 0.111. The molecule has 2 heteroatoms. The highest BCUT2D eigenvalue weighted by atomic mass is 16.3. The van der Waals surface area contributed by atoms with E-state index in [0.29, 0.717) is 0 Å². The highest BCUT2D eigenvalue weighted by Gasteiger charge is 1.93. The Bertz CT molecular complexity index is 241. The number of nitrogens with one attached hydrogen (secondary N) is 1. The number of benzene rings is 1. The van der Waals surface area contributed by atoms with Crippen molar-refractivity contribution in [3.05, 3.63) is 42.1 Å². The summed E-state index contributed by atoms with van der Waals surface area (Å²) in [7, 11) is 1.75. The first-order valence-electron chi connectivity index (χ1n) is 3.46. The monoisotopic (exact) mass is 149 g/mol. The van der Waals surface area contributed by atoms with Gasteiger partial charge >= 0.3 is 0 Å². The topological polar surface area (TPSA) is 32.3 Å². The Morgan fingerprint density at radius 2 is 2.00 bits per heavy atom. The molecule has 1 rings (SSSR count). The Morgan fingerprint density at radius 3 is 2.55 bits per heavy atom. The van der Waals surface area contributed by atoms with E-state index in [2.05, 4.69) is 5.32 Å². The van der Waals surface area contributed by atoms with Gasteiger partial charge in [-0.2, -0.15) is 0 Å². The average Bonchev–Trinajstić information content (AvgIpc) is 2.07. The molecule has 0 radical (unpaired) electrons. The molecule has 11 heavy (non-hydrogen) atoms. The summed E-state index contributed by atoms with van der Waals surface area (Å²) < 4.78 is 0. The number of aliphatic hydroxyl groups is 1. The van der Waals surface area contributed by atoms with E-state index in [1.165, 1.54) is 0 Å². The quantitative estimate of drug-likeness (QED) is 0.628. The van der Waals surface area contributed by atoms with Crippen molar-refractivity contribution >= 4 is 5.76 Å². The van der Waals surface area contributed by atoms with E-state index >= 15 is 0 Å². The lowest BCUT2D eigenvalue weighted by atomic mass is 10.2. The maximum Gasteiger partial charge on any atom is 0.138 e. The second-order valence-electron chi connectivity index (χ2n) is 2.18. The van der Waals surface area contributed by atoms with Crippen LogP contribution in [0.2, 0.25) is 0 Å². The van der Waals surface area contributed by atoms with E-state index in [1.54, 1.807) is 13.2 Å². The normalized spacial score (nSPS) is 11.2. The van der Waals surface area contributed by atoms with Gasteiger partial charge in [-0.3, -0.25) is 0 Å². The van der Waals surface area contributed by atoms with Crippen molar-refractivity contribution < 1.29 is 5.11 Å². The molecule has 0 heterocycles. The molecule has 0 saturated heterocycles. The van der Waals surface area contributed by atoms with Crippen LogP contribution in [0.3, 0.4) is 0 Å². The molecular formula is C9H11NO. The first kappa shape index (κ1) is 7.66. The van der Waals surface area contributed by atoms with Gasteiger partial charge in [0.15, 0.2) is 0 Å². The van der Waals surface area contributed by atoms with Crippen molar-refractivity contribution in [2.45, 2.75) is 0 Å². The molecule has 0 fully saturated rings. The standard InChI is InChI=1S/C9H11NO/c1-10-7-9(11)8-5-3-2-4-6-8/h2-7,10-11H,1H3/b9-7-. The van der Waals surface area contributed by atoms with Gasteiger partial charge in [-0.25, -0.2) is 0 Å². The molecule has 0 aliphatic heterocycles. The summed E-state index contributed by atoms with van der Waals surface area (Å²) in [5, 5.41) is 12.1. The molecule has 0 spiro atoms. The number of hydrogen-bond donors (Lipinski definition) is 2. The fourth-order valence-electron chi connectivity index (χ4n) is 0.829. The summed E-state index contributed by atoms with van der Waals surface area (Å²) in [4.78, 5) is 0. The van der Waals surface area contributed by atoms with Crippen molar-refractivity contribution in [1.29, 1.82) is 0 Å². The fourth-order valence-corrected chi connectivity index (χ4v) is 0.829. The third kappa shape index (κ3) is 2.00. The summed E-state index contributed by atoms with van der Waals surface area (Å²) in [6.07, 6.45) is 1.55. The lowest BCUT2D eigenvalue weighted by Crippen LogP contribution is -1.95. The van der Waals surface area contributed by atoms with Gasteiger partial charge in [0.25, 0.3) is 0 Å². The van der Waals surface area contributed by atoms with Crippen molar-refractivity contribution in [2.75, 3.05) is 7.05 Å². The van der Waals surface area contributed by atoms with Crippen LogP contribution in [0.4, 0.5) is 0 Å². The minimum atomic E-state index is 0.258. The van der Waals surface area contributed by atoms with Crippen LogP contribution in [0.15, 0.2) is 36.5 Å². The van der Waals surface area contributed by atoms with Crippen LogP contribution < -0.4 is 5.32 Å². The van der Waals surface area contributed by atoms with Crippen LogP contribution >= 0.6 is 0 Å². The second-order valence-corrected chi connectivity index (χ2v) is 2.18. The van der Waals surface area contributed by atoms with Crippen LogP contribution in [-0.4, -0.2) is 12.2 Å². The molecule has 0 atom stereocenters. The first-order valence-corrected chi connectivity index (χ1v) is 3.46. The molecule has 1 aromatic rings.